The SMILES string of the molecule is Cc1nc(N[C@H](C)c2cccc(C(F)(F)F)c2)c2cc(C3CCN(CC(=O)N(C)C)CC3)ccc2n1. The van der Waals surface area contributed by atoms with Gasteiger partial charge in [0.25, 0.3) is 0 Å². The number of nitrogens with zero attached hydrogens (tertiary/aromatic N) is 4. The summed E-state index contributed by atoms with van der Waals surface area (Å²) in [6, 6.07) is 11.2. The van der Waals surface area contributed by atoms with Crippen molar-refractivity contribution in [1.29, 1.82) is 0 Å². The Balaban J connectivity index is 1.54. The van der Waals surface area contributed by atoms with Crippen molar-refractivity contribution in [2.45, 2.75) is 44.8 Å². The van der Waals surface area contributed by atoms with Crippen molar-refractivity contribution in [3.05, 3.63) is 65.0 Å². The standard InChI is InChI=1S/C27H32F3N5O/c1-17(20-6-5-7-22(14-20)27(28,29)30)31-26-23-15-21(8-9-24(23)32-18(2)33-26)19-10-12-35(13-11-19)16-25(36)34(3)4/h5-9,14-15,17,19H,10-13,16H2,1-4H3,(H,31,32,33)/t17-/m1/s1. The van der Waals surface area contributed by atoms with Gasteiger partial charge in [0.2, 0.25) is 5.91 Å². The molecule has 192 valence electrons. The number of hydrogen-bond donors (Lipinski definition) is 1. The van der Waals surface area contributed by atoms with Gasteiger partial charge in [0.1, 0.15) is 11.6 Å². The number of halogens is 3. The van der Waals surface area contributed by atoms with Crippen molar-refractivity contribution in [3.63, 3.8) is 0 Å². The Bertz CT molecular complexity index is 1240. The molecule has 0 aliphatic carbocycles. The molecule has 1 N–H and O–H groups in total. The molecule has 0 bridgehead atoms. The van der Waals surface area contributed by atoms with Crippen LogP contribution in [0.4, 0.5) is 19.0 Å². The van der Waals surface area contributed by atoms with Crippen LogP contribution in [-0.4, -0.2) is 59.4 Å². The van der Waals surface area contributed by atoms with E-state index in [1.54, 1.807) is 32.0 Å². The van der Waals surface area contributed by atoms with E-state index in [0.717, 1.165) is 42.9 Å². The Hall–Kier alpha value is -3.20. The molecule has 1 amide bonds. The number of piperidine rings is 1. The zero-order chi connectivity index (χ0) is 26.0. The minimum absolute atomic E-state index is 0.109. The van der Waals surface area contributed by atoms with Gasteiger partial charge in [-0.15, -0.1) is 0 Å². The quantitative estimate of drug-likeness (QED) is 0.492. The monoisotopic (exact) mass is 499 g/mol. The van der Waals surface area contributed by atoms with E-state index in [0.29, 0.717) is 29.7 Å². The summed E-state index contributed by atoms with van der Waals surface area (Å²) in [6.45, 7) is 5.77. The van der Waals surface area contributed by atoms with Crippen LogP contribution in [0.2, 0.25) is 0 Å². The first-order valence-electron chi connectivity index (χ1n) is 12.2. The van der Waals surface area contributed by atoms with Crippen molar-refractivity contribution < 1.29 is 18.0 Å². The minimum Gasteiger partial charge on any atom is -0.363 e. The zero-order valence-electron chi connectivity index (χ0n) is 21.1. The second kappa shape index (κ2) is 10.4. The number of amides is 1. The molecule has 4 rings (SSSR count). The van der Waals surface area contributed by atoms with E-state index in [1.807, 2.05) is 13.0 Å². The van der Waals surface area contributed by atoms with Crippen molar-refractivity contribution in [3.8, 4) is 0 Å². The van der Waals surface area contributed by atoms with E-state index in [-0.39, 0.29) is 11.9 Å². The highest BCUT2D eigenvalue weighted by atomic mass is 19.4. The topological polar surface area (TPSA) is 61.4 Å². The number of aryl methyl sites for hydroxylation is 1. The first-order valence-corrected chi connectivity index (χ1v) is 12.2. The molecule has 0 spiro atoms. The molecule has 6 nitrogen and oxygen atoms in total. The smallest absolute Gasteiger partial charge is 0.363 e. The fourth-order valence-electron chi connectivity index (χ4n) is 4.66. The first-order chi connectivity index (χ1) is 17.0. The van der Waals surface area contributed by atoms with Gasteiger partial charge in [-0.3, -0.25) is 9.69 Å². The van der Waals surface area contributed by atoms with Gasteiger partial charge in [0, 0.05) is 25.5 Å². The van der Waals surface area contributed by atoms with Gasteiger partial charge in [-0.05, 0) is 81.1 Å². The lowest BCUT2D eigenvalue weighted by Gasteiger charge is -2.32. The van der Waals surface area contributed by atoms with Crippen LogP contribution < -0.4 is 5.32 Å². The van der Waals surface area contributed by atoms with Crippen LogP contribution in [0.15, 0.2) is 42.5 Å². The molecule has 36 heavy (non-hydrogen) atoms. The number of likely N-dealkylation sites (tertiary alicyclic amines) is 1. The highest BCUT2D eigenvalue weighted by molar-refractivity contribution is 5.90. The van der Waals surface area contributed by atoms with Gasteiger partial charge < -0.3 is 10.2 Å². The predicted molar refractivity (Wildman–Crippen MR) is 135 cm³/mol. The van der Waals surface area contributed by atoms with Gasteiger partial charge in [0.05, 0.1) is 17.6 Å². The molecule has 0 unspecified atom stereocenters. The van der Waals surface area contributed by atoms with E-state index >= 15 is 0 Å². The average molecular weight is 500 g/mol. The molecule has 1 aliphatic heterocycles. The molecule has 2 heterocycles. The second-order valence-electron chi connectivity index (χ2n) is 9.72. The van der Waals surface area contributed by atoms with Gasteiger partial charge in [-0.1, -0.05) is 18.2 Å². The molecule has 1 aliphatic rings. The number of fused-ring (bicyclic) bond motifs is 1. The maximum absolute atomic E-state index is 13.2. The lowest BCUT2D eigenvalue weighted by atomic mass is 9.88. The number of nitrogens with one attached hydrogen (secondary N) is 1. The fraction of sp³-hybridized carbons (Fsp3) is 0.444. The summed E-state index contributed by atoms with van der Waals surface area (Å²) in [5.74, 6) is 1.67. The van der Waals surface area contributed by atoms with Crippen molar-refractivity contribution in [2.24, 2.45) is 0 Å². The van der Waals surface area contributed by atoms with Gasteiger partial charge in [0.15, 0.2) is 0 Å². The number of likely N-dealkylation sites (N-methyl/N-ethyl adjacent to an activating group) is 1. The highest BCUT2D eigenvalue weighted by Crippen LogP contribution is 2.34. The Morgan fingerprint density at radius 2 is 1.86 bits per heavy atom. The Kier molecular flexibility index (Phi) is 7.49. The van der Waals surface area contributed by atoms with Gasteiger partial charge >= 0.3 is 6.18 Å². The highest BCUT2D eigenvalue weighted by Gasteiger charge is 2.31. The Morgan fingerprint density at radius 3 is 2.53 bits per heavy atom. The molecule has 9 heteroatoms. The number of anilines is 1. The van der Waals surface area contributed by atoms with Crippen LogP contribution in [0.25, 0.3) is 10.9 Å². The minimum atomic E-state index is -4.39. The molecule has 3 aromatic rings. The Labute approximate surface area is 209 Å². The van der Waals surface area contributed by atoms with Gasteiger partial charge in [-0.2, -0.15) is 13.2 Å². The zero-order valence-corrected chi connectivity index (χ0v) is 21.1. The number of carbonyl (C=O) groups is 1. The summed E-state index contributed by atoms with van der Waals surface area (Å²) >= 11 is 0. The molecule has 1 aromatic heterocycles. The average Bonchev–Trinajstić information content (AvgIpc) is 2.83. The van der Waals surface area contributed by atoms with Crippen molar-refractivity contribution >= 4 is 22.6 Å². The normalized spacial score (nSPS) is 16.2. The van der Waals surface area contributed by atoms with Crippen LogP contribution in [0.3, 0.4) is 0 Å². The van der Waals surface area contributed by atoms with Crippen LogP contribution >= 0.6 is 0 Å². The van der Waals surface area contributed by atoms with Crippen LogP contribution in [0.1, 0.15) is 54.2 Å². The summed E-state index contributed by atoms with van der Waals surface area (Å²) in [6.07, 6.45) is -2.50. The molecule has 2 aromatic carbocycles. The lowest BCUT2D eigenvalue weighted by Crippen LogP contribution is -2.40. The third-order valence-electron chi connectivity index (χ3n) is 6.82. The lowest BCUT2D eigenvalue weighted by molar-refractivity contribution is -0.137. The maximum Gasteiger partial charge on any atom is 0.416 e. The molecule has 0 radical (unpaired) electrons. The summed E-state index contributed by atoms with van der Waals surface area (Å²) < 4.78 is 39.6. The summed E-state index contributed by atoms with van der Waals surface area (Å²) in [5, 5.41) is 4.17. The first kappa shape index (κ1) is 25.9. The number of benzene rings is 2. The number of alkyl halides is 3. The molecular formula is C27H32F3N5O. The van der Waals surface area contributed by atoms with E-state index in [9.17, 15) is 18.0 Å². The number of hydrogen-bond acceptors (Lipinski definition) is 5. The summed E-state index contributed by atoms with van der Waals surface area (Å²) in [7, 11) is 3.54. The maximum atomic E-state index is 13.2. The molecule has 1 saturated heterocycles. The number of rotatable bonds is 6. The Morgan fingerprint density at radius 1 is 1.14 bits per heavy atom. The van der Waals surface area contributed by atoms with Crippen LogP contribution in [0.5, 0.6) is 0 Å². The molecular weight excluding hydrogens is 467 g/mol. The summed E-state index contributed by atoms with van der Waals surface area (Å²) in [5.41, 5.74) is 1.84. The third kappa shape index (κ3) is 5.95. The molecule has 1 fully saturated rings. The third-order valence-corrected chi connectivity index (χ3v) is 6.82. The molecule has 0 saturated carbocycles. The largest absolute Gasteiger partial charge is 0.416 e. The molecule has 1 atom stereocenters. The van der Waals surface area contributed by atoms with Crippen molar-refractivity contribution in [2.75, 3.05) is 39.0 Å². The van der Waals surface area contributed by atoms with Crippen molar-refractivity contribution in [1.82, 2.24) is 19.8 Å². The fourth-order valence-corrected chi connectivity index (χ4v) is 4.66. The van der Waals surface area contributed by atoms with Gasteiger partial charge in [-0.25, -0.2) is 9.97 Å². The van der Waals surface area contributed by atoms with E-state index in [2.05, 4.69) is 32.3 Å². The number of carbonyl (C=O) groups excluding carboxylic acids is 1. The predicted octanol–water partition coefficient (Wildman–Crippen LogP) is 5.40. The number of aromatic nitrogens is 2. The van der Waals surface area contributed by atoms with Crippen LogP contribution in [0, 0.1) is 6.92 Å². The second-order valence-corrected chi connectivity index (χ2v) is 9.72. The van der Waals surface area contributed by atoms with Crippen LogP contribution in [-0.2, 0) is 11.0 Å². The van der Waals surface area contributed by atoms with E-state index in [4.69, 9.17) is 0 Å². The summed E-state index contributed by atoms with van der Waals surface area (Å²) in [4.78, 5) is 25.0. The van der Waals surface area contributed by atoms with E-state index < -0.39 is 11.7 Å². The van der Waals surface area contributed by atoms with E-state index in [1.165, 1.54) is 17.7 Å².